The predicted octanol–water partition coefficient (Wildman–Crippen LogP) is 4.56. The molecule has 0 radical (unpaired) electrons. The van der Waals surface area contributed by atoms with Gasteiger partial charge in [0, 0.05) is 16.9 Å². The first kappa shape index (κ1) is 24.3. The second-order valence-electron chi connectivity index (χ2n) is 8.12. The van der Waals surface area contributed by atoms with Crippen molar-refractivity contribution in [2.45, 2.75) is 69.9 Å². The molecule has 2 atom stereocenters. The van der Waals surface area contributed by atoms with Crippen LogP contribution in [-0.4, -0.2) is 32.4 Å². The Morgan fingerprint density at radius 1 is 1.22 bits per heavy atom. The summed E-state index contributed by atoms with van der Waals surface area (Å²) in [4.78, 5) is 12.1. The molecule has 0 amide bonds. The summed E-state index contributed by atoms with van der Waals surface area (Å²) < 4.78 is 34.3. The summed E-state index contributed by atoms with van der Waals surface area (Å²) in [6.45, 7) is 13.2. The Hall–Kier alpha value is -0.760. The van der Waals surface area contributed by atoms with Gasteiger partial charge in [0.25, 0.3) is 0 Å². The molecule has 0 aliphatic carbocycles. The maximum Gasteiger partial charge on any atom is 0.321 e. The second-order valence-corrected chi connectivity index (χ2v) is 11.8. The molecular weight excluding hydrogens is 385 g/mol. The maximum atomic E-state index is 14.5. The van der Waals surface area contributed by atoms with Crippen LogP contribution in [0.5, 0.6) is 0 Å². The number of halogens is 1. The number of benzene rings is 1. The molecule has 7 heteroatoms. The maximum absolute atomic E-state index is 14.5. The second kappa shape index (κ2) is 9.63. The Morgan fingerprint density at radius 2 is 1.81 bits per heavy atom. The van der Waals surface area contributed by atoms with E-state index in [4.69, 9.17) is 4.74 Å². The highest BCUT2D eigenvalue weighted by molar-refractivity contribution is 8.01. The van der Waals surface area contributed by atoms with E-state index in [-0.39, 0.29) is 11.8 Å². The lowest BCUT2D eigenvalue weighted by atomic mass is 9.90. The molecule has 0 saturated carbocycles. The lowest BCUT2D eigenvalue weighted by molar-refractivity contribution is -0.145. The van der Waals surface area contributed by atoms with E-state index in [2.05, 4.69) is 4.72 Å². The number of carbonyl (C=O) groups excluding carboxylic acids is 1. The van der Waals surface area contributed by atoms with Crippen LogP contribution in [-0.2, 0) is 26.4 Å². The van der Waals surface area contributed by atoms with Crippen LogP contribution in [0.2, 0.25) is 0 Å². The van der Waals surface area contributed by atoms with Gasteiger partial charge >= 0.3 is 5.97 Å². The SMILES string of the molecule is CCOC(=O)C(C)(C)SCC[C@](C)(N[S+]([O-])C(C)(C)C)c1ccccc1F. The topological polar surface area (TPSA) is 61.4 Å². The van der Waals surface area contributed by atoms with E-state index in [0.29, 0.717) is 24.3 Å². The summed E-state index contributed by atoms with van der Waals surface area (Å²) in [5.74, 6) is -0.0350. The van der Waals surface area contributed by atoms with Crippen LogP contribution in [0.15, 0.2) is 24.3 Å². The molecule has 1 unspecified atom stereocenters. The Balaban J connectivity index is 3.00. The first-order valence-corrected chi connectivity index (χ1v) is 11.2. The zero-order chi connectivity index (χ0) is 20.9. The van der Waals surface area contributed by atoms with Gasteiger partial charge < -0.3 is 9.29 Å². The molecule has 1 aromatic carbocycles. The normalized spacial score (nSPS) is 15.9. The largest absolute Gasteiger partial charge is 0.598 e. The van der Waals surface area contributed by atoms with Crippen LogP contribution in [0.1, 0.15) is 60.5 Å². The Bertz CT molecular complexity index is 634. The van der Waals surface area contributed by atoms with E-state index in [1.807, 2.05) is 41.5 Å². The number of rotatable bonds is 9. The molecule has 0 fully saturated rings. The van der Waals surface area contributed by atoms with E-state index in [0.717, 1.165) is 0 Å². The standard InChI is InChI=1S/C20H32FNO3S2/c1-8-25-17(23)19(5,6)26-14-13-20(7,22-27(24)18(2,3)4)15-11-9-10-12-16(15)21/h9-12,22H,8,13-14H2,1-7H3/t20-,27?/m0/s1. The minimum Gasteiger partial charge on any atom is -0.598 e. The van der Waals surface area contributed by atoms with Gasteiger partial charge in [-0.3, -0.25) is 4.79 Å². The molecule has 27 heavy (non-hydrogen) atoms. The van der Waals surface area contributed by atoms with E-state index < -0.39 is 26.4 Å². The van der Waals surface area contributed by atoms with Crippen molar-refractivity contribution in [3.8, 4) is 0 Å². The highest BCUT2D eigenvalue weighted by atomic mass is 32.2. The summed E-state index contributed by atoms with van der Waals surface area (Å²) in [5.41, 5.74) is -0.363. The van der Waals surface area contributed by atoms with Gasteiger partial charge in [0.2, 0.25) is 0 Å². The van der Waals surface area contributed by atoms with Crippen molar-refractivity contribution in [3.05, 3.63) is 35.6 Å². The molecule has 0 aliphatic heterocycles. The molecule has 0 aliphatic rings. The number of thioether (sulfide) groups is 1. The molecule has 0 bridgehead atoms. The number of carbonyl (C=O) groups is 1. The summed E-state index contributed by atoms with van der Waals surface area (Å²) in [6.07, 6.45) is 0.503. The van der Waals surface area contributed by atoms with Crippen molar-refractivity contribution < 1.29 is 18.5 Å². The number of esters is 1. The van der Waals surface area contributed by atoms with E-state index in [9.17, 15) is 13.7 Å². The van der Waals surface area contributed by atoms with Gasteiger partial charge in [-0.2, -0.15) is 0 Å². The van der Waals surface area contributed by atoms with Gasteiger partial charge in [-0.05, 0) is 66.7 Å². The molecule has 0 aromatic heterocycles. The van der Waals surface area contributed by atoms with Crippen LogP contribution >= 0.6 is 11.8 Å². The van der Waals surface area contributed by atoms with Gasteiger partial charge in [0.15, 0.2) is 0 Å². The molecule has 0 saturated heterocycles. The molecule has 0 spiro atoms. The van der Waals surface area contributed by atoms with E-state index >= 15 is 0 Å². The highest BCUT2D eigenvalue weighted by Gasteiger charge is 2.39. The first-order chi connectivity index (χ1) is 12.3. The van der Waals surface area contributed by atoms with Gasteiger partial charge in [-0.1, -0.05) is 18.2 Å². The van der Waals surface area contributed by atoms with Gasteiger partial charge in [-0.25, -0.2) is 4.39 Å². The van der Waals surface area contributed by atoms with Crippen LogP contribution in [0, 0.1) is 5.82 Å². The van der Waals surface area contributed by atoms with Crippen molar-refractivity contribution in [2.75, 3.05) is 12.4 Å². The van der Waals surface area contributed by atoms with Crippen molar-refractivity contribution in [1.29, 1.82) is 0 Å². The third-order valence-corrected chi connectivity index (χ3v) is 7.22. The average Bonchev–Trinajstić information content (AvgIpc) is 2.54. The average molecular weight is 418 g/mol. The quantitative estimate of drug-likeness (QED) is 0.471. The summed E-state index contributed by atoms with van der Waals surface area (Å²) in [7, 11) is 0. The Kier molecular flexibility index (Phi) is 8.66. The third kappa shape index (κ3) is 6.97. The molecule has 0 heterocycles. The zero-order valence-corrected chi connectivity index (χ0v) is 19.0. The van der Waals surface area contributed by atoms with Crippen LogP contribution in [0.25, 0.3) is 0 Å². The highest BCUT2D eigenvalue weighted by Crippen LogP contribution is 2.34. The Morgan fingerprint density at radius 3 is 2.33 bits per heavy atom. The Labute approximate surface area is 170 Å². The minimum absolute atomic E-state index is 0.270. The third-order valence-electron chi connectivity index (χ3n) is 4.17. The molecule has 1 aromatic rings. The van der Waals surface area contributed by atoms with Gasteiger partial charge in [0.05, 0.1) is 12.1 Å². The fourth-order valence-electron chi connectivity index (χ4n) is 2.38. The van der Waals surface area contributed by atoms with Gasteiger partial charge in [0.1, 0.15) is 15.3 Å². The number of hydrogen-bond acceptors (Lipinski definition) is 5. The van der Waals surface area contributed by atoms with Crippen molar-refractivity contribution in [3.63, 3.8) is 0 Å². The fourth-order valence-corrected chi connectivity index (χ4v) is 4.51. The van der Waals surface area contributed by atoms with Crippen LogP contribution < -0.4 is 4.72 Å². The van der Waals surface area contributed by atoms with Crippen LogP contribution in [0.4, 0.5) is 4.39 Å². The minimum atomic E-state index is -1.37. The predicted molar refractivity (Wildman–Crippen MR) is 113 cm³/mol. The van der Waals surface area contributed by atoms with Gasteiger partial charge in [-0.15, -0.1) is 16.5 Å². The fraction of sp³-hybridized carbons (Fsp3) is 0.650. The lowest BCUT2D eigenvalue weighted by Gasteiger charge is -2.36. The first-order valence-electron chi connectivity index (χ1n) is 9.09. The van der Waals surface area contributed by atoms with Crippen LogP contribution in [0.3, 0.4) is 0 Å². The smallest absolute Gasteiger partial charge is 0.321 e. The van der Waals surface area contributed by atoms with E-state index in [1.165, 1.54) is 17.8 Å². The summed E-state index contributed by atoms with van der Waals surface area (Å²) >= 11 is 0.0833. The number of hydrogen-bond donors (Lipinski definition) is 1. The molecular formula is C20H32FNO3S2. The van der Waals surface area contributed by atoms with Crippen molar-refractivity contribution in [1.82, 2.24) is 4.72 Å². The molecule has 154 valence electrons. The number of ether oxygens (including phenoxy) is 1. The van der Waals surface area contributed by atoms with Crippen molar-refractivity contribution in [2.24, 2.45) is 0 Å². The summed E-state index contributed by atoms with van der Waals surface area (Å²) in [6, 6.07) is 6.53. The molecule has 1 rings (SSSR count). The monoisotopic (exact) mass is 417 g/mol. The molecule has 4 nitrogen and oxygen atoms in total. The summed E-state index contributed by atoms with van der Waals surface area (Å²) in [5, 5.41) is 0. The lowest BCUT2D eigenvalue weighted by Crippen LogP contribution is -2.50. The zero-order valence-electron chi connectivity index (χ0n) is 17.3. The van der Waals surface area contributed by atoms with E-state index in [1.54, 1.807) is 25.1 Å². The number of nitrogens with one attached hydrogen (secondary N) is 1. The van der Waals surface area contributed by atoms with Crippen molar-refractivity contribution >= 4 is 29.1 Å². The molecule has 1 N–H and O–H groups in total.